The van der Waals surface area contributed by atoms with Gasteiger partial charge in [-0.25, -0.2) is 0 Å². The van der Waals surface area contributed by atoms with E-state index >= 15 is 0 Å². The average Bonchev–Trinajstić information content (AvgIpc) is 3.00. The molecule has 0 aliphatic carbocycles. The minimum atomic E-state index is 0.176. The van der Waals surface area contributed by atoms with E-state index < -0.39 is 0 Å². The van der Waals surface area contributed by atoms with E-state index in [1.54, 1.807) is 0 Å². The molecule has 2 rings (SSSR count). The smallest absolute Gasteiger partial charge is 0.0358 e. The second kappa shape index (κ2) is 6.93. The topological polar surface area (TPSA) is 29.3 Å². The van der Waals surface area contributed by atoms with Gasteiger partial charge in [-0.3, -0.25) is 4.90 Å². The molecule has 2 heteroatoms. The minimum absolute atomic E-state index is 0.176. The van der Waals surface area contributed by atoms with Gasteiger partial charge in [0, 0.05) is 11.6 Å². The molecule has 1 atom stereocenters. The lowest BCUT2D eigenvalue weighted by Crippen LogP contribution is -2.59. The molecule has 1 aliphatic heterocycles. The monoisotopic (exact) mass is 288 g/mol. The van der Waals surface area contributed by atoms with Crippen LogP contribution in [0, 0.1) is 13.8 Å². The molecule has 1 aliphatic rings. The van der Waals surface area contributed by atoms with Crippen molar-refractivity contribution in [3.05, 3.63) is 34.9 Å². The summed E-state index contributed by atoms with van der Waals surface area (Å²) in [6.45, 7) is 11.4. The first-order valence-corrected chi connectivity index (χ1v) is 8.60. The SMILES string of the molecule is CCC(CC)(C(N)Cc1ccc(C)c(C)c1)N1CCCC1. The molecule has 0 bridgehead atoms. The Morgan fingerprint density at radius 2 is 1.71 bits per heavy atom. The molecule has 2 N–H and O–H groups in total. The maximum absolute atomic E-state index is 6.73. The van der Waals surface area contributed by atoms with E-state index in [-0.39, 0.29) is 11.6 Å². The van der Waals surface area contributed by atoms with Gasteiger partial charge in [-0.05, 0) is 75.7 Å². The Morgan fingerprint density at radius 1 is 1.10 bits per heavy atom. The van der Waals surface area contributed by atoms with E-state index in [1.165, 1.54) is 42.6 Å². The van der Waals surface area contributed by atoms with Gasteiger partial charge in [0.05, 0.1) is 0 Å². The fourth-order valence-electron chi connectivity index (χ4n) is 3.99. The van der Waals surface area contributed by atoms with Crippen molar-refractivity contribution in [3.8, 4) is 0 Å². The molecule has 0 spiro atoms. The minimum Gasteiger partial charge on any atom is -0.326 e. The molecule has 2 nitrogen and oxygen atoms in total. The number of hydrogen-bond acceptors (Lipinski definition) is 2. The van der Waals surface area contributed by atoms with Crippen molar-refractivity contribution in [1.82, 2.24) is 4.90 Å². The van der Waals surface area contributed by atoms with E-state index in [4.69, 9.17) is 5.73 Å². The number of nitrogens with zero attached hydrogens (tertiary/aromatic N) is 1. The molecule has 0 radical (unpaired) electrons. The van der Waals surface area contributed by atoms with Gasteiger partial charge in [0.2, 0.25) is 0 Å². The van der Waals surface area contributed by atoms with Crippen LogP contribution in [0.5, 0.6) is 0 Å². The Morgan fingerprint density at radius 3 is 2.24 bits per heavy atom. The van der Waals surface area contributed by atoms with Gasteiger partial charge in [-0.1, -0.05) is 32.0 Å². The maximum Gasteiger partial charge on any atom is 0.0358 e. The number of nitrogens with two attached hydrogens (primary N) is 1. The summed E-state index contributed by atoms with van der Waals surface area (Å²) in [7, 11) is 0. The summed E-state index contributed by atoms with van der Waals surface area (Å²) in [5, 5.41) is 0. The zero-order chi connectivity index (χ0) is 15.5. The first kappa shape index (κ1) is 16.5. The van der Waals surface area contributed by atoms with Crippen molar-refractivity contribution >= 4 is 0 Å². The van der Waals surface area contributed by atoms with E-state index in [1.807, 2.05) is 0 Å². The quantitative estimate of drug-likeness (QED) is 0.862. The third-order valence-electron chi connectivity index (χ3n) is 5.68. The number of hydrogen-bond donors (Lipinski definition) is 1. The molecule has 118 valence electrons. The molecule has 21 heavy (non-hydrogen) atoms. The van der Waals surface area contributed by atoms with E-state index in [0.29, 0.717) is 0 Å². The summed E-state index contributed by atoms with van der Waals surface area (Å²) in [5.74, 6) is 0. The summed E-state index contributed by atoms with van der Waals surface area (Å²) in [6, 6.07) is 7.01. The second-order valence-electron chi connectivity index (χ2n) is 6.73. The van der Waals surface area contributed by atoms with Gasteiger partial charge in [0.1, 0.15) is 0 Å². The van der Waals surface area contributed by atoms with Crippen LogP contribution < -0.4 is 5.73 Å². The Labute approximate surface area is 130 Å². The van der Waals surface area contributed by atoms with Crippen LogP contribution in [-0.4, -0.2) is 29.6 Å². The van der Waals surface area contributed by atoms with Crippen molar-refractivity contribution < 1.29 is 0 Å². The highest BCUT2D eigenvalue weighted by atomic mass is 15.2. The lowest BCUT2D eigenvalue weighted by atomic mass is 9.80. The molecule has 1 fully saturated rings. The molecule has 0 saturated carbocycles. The first-order chi connectivity index (χ1) is 10.0. The van der Waals surface area contributed by atoms with Crippen LogP contribution in [-0.2, 0) is 6.42 Å². The van der Waals surface area contributed by atoms with Gasteiger partial charge >= 0.3 is 0 Å². The molecular formula is C19H32N2. The molecule has 1 aromatic rings. The van der Waals surface area contributed by atoms with Crippen molar-refractivity contribution in [1.29, 1.82) is 0 Å². The molecule has 1 heterocycles. The fraction of sp³-hybridized carbons (Fsp3) is 0.684. The summed E-state index contributed by atoms with van der Waals surface area (Å²) < 4.78 is 0. The van der Waals surface area contributed by atoms with Gasteiger partial charge in [-0.15, -0.1) is 0 Å². The highest BCUT2D eigenvalue weighted by Gasteiger charge is 2.40. The highest BCUT2D eigenvalue weighted by Crippen LogP contribution is 2.32. The van der Waals surface area contributed by atoms with Crippen LogP contribution in [0.3, 0.4) is 0 Å². The van der Waals surface area contributed by atoms with Gasteiger partial charge in [0.25, 0.3) is 0 Å². The van der Waals surface area contributed by atoms with Crippen LogP contribution in [0.25, 0.3) is 0 Å². The number of likely N-dealkylation sites (tertiary alicyclic amines) is 1. The Hall–Kier alpha value is -0.860. The predicted octanol–water partition coefficient (Wildman–Crippen LogP) is 3.83. The summed E-state index contributed by atoms with van der Waals surface area (Å²) in [5.41, 5.74) is 11.0. The molecular weight excluding hydrogens is 256 g/mol. The van der Waals surface area contributed by atoms with Crippen LogP contribution in [0.1, 0.15) is 56.2 Å². The summed E-state index contributed by atoms with van der Waals surface area (Å²) in [6.07, 6.45) is 5.94. The zero-order valence-electron chi connectivity index (χ0n) is 14.3. The number of benzene rings is 1. The molecule has 1 aromatic carbocycles. The van der Waals surface area contributed by atoms with Crippen molar-refractivity contribution in [2.24, 2.45) is 5.73 Å². The largest absolute Gasteiger partial charge is 0.326 e. The zero-order valence-corrected chi connectivity index (χ0v) is 14.3. The molecule has 1 saturated heterocycles. The molecule has 0 amide bonds. The van der Waals surface area contributed by atoms with Crippen LogP contribution in [0.2, 0.25) is 0 Å². The summed E-state index contributed by atoms with van der Waals surface area (Å²) in [4.78, 5) is 2.67. The predicted molar refractivity (Wildman–Crippen MR) is 91.7 cm³/mol. The van der Waals surface area contributed by atoms with Crippen molar-refractivity contribution in [2.45, 2.75) is 71.4 Å². The Bertz CT molecular complexity index is 457. The molecule has 0 aromatic heterocycles. The fourth-order valence-corrected chi connectivity index (χ4v) is 3.99. The molecule has 1 unspecified atom stereocenters. The number of rotatable bonds is 6. The average molecular weight is 288 g/mol. The Kier molecular flexibility index (Phi) is 5.45. The van der Waals surface area contributed by atoms with E-state index in [9.17, 15) is 0 Å². The lowest BCUT2D eigenvalue weighted by Gasteiger charge is -2.45. The van der Waals surface area contributed by atoms with Gasteiger partial charge in [-0.2, -0.15) is 0 Å². The normalized spacial score (nSPS) is 18.1. The van der Waals surface area contributed by atoms with Gasteiger partial charge < -0.3 is 5.73 Å². The van der Waals surface area contributed by atoms with Crippen molar-refractivity contribution in [2.75, 3.05) is 13.1 Å². The number of aryl methyl sites for hydroxylation is 2. The standard InChI is InChI=1S/C19H32N2/c1-5-19(6-2,21-11-7-8-12-21)18(20)14-17-10-9-15(3)16(4)13-17/h9-10,13,18H,5-8,11-12,14,20H2,1-4H3. The lowest BCUT2D eigenvalue weighted by molar-refractivity contribution is 0.0768. The van der Waals surface area contributed by atoms with Crippen LogP contribution >= 0.6 is 0 Å². The Balaban J connectivity index is 2.17. The third kappa shape index (κ3) is 3.32. The van der Waals surface area contributed by atoms with Crippen molar-refractivity contribution in [3.63, 3.8) is 0 Å². The second-order valence-corrected chi connectivity index (χ2v) is 6.73. The van der Waals surface area contributed by atoms with Gasteiger partial charge in [0.15, 0.2) is 0 Å². The van der Waals surface area contributed by atoms with E-state index in [0.717, 1.165) is 19.3 Å². The summed E-state index contributed by atoms with van der Waals surface area (Å²) >= 11 is 0. The van der Waals surface area contributed by atoms with Crippen LogP contribution in [0.15, 0.2) is 18.2 Å². The van der Waals surface area contributed by atoms with E-state index in [2.05, 4.69) is 50.8 Å². The van der Waals surface area contributed by atoms with Crippen LogP contribution in [0.4, 0.5) is 0 Å². The third-order valence-corrected chi connectivity index (χ3v) is 5.68. The first-order valence-electron chi connectivity index (χ1n) is 8.60. The maximum atomic E-state index is 6.73. The highest BCUT2D eigenvalue weighted by molar-refractivity contribution is 5.30.